The number of hydrogen-bond acceptors (Lipinski definition) is 6. The third-order valence-electron chi connectivity index (χ3n) is 1.17. The maximum atomic E-state index is 10.7. The average molecular weight is 439 g/mol. The van der Waals surface area contributed by atoms with Crippen LogP contribution in [-0.4, -0.2) is 37.0 Å². The largest absolute Gasteiger partial charge is 2.00 e. The summed E-state index contributed by atoms with van der Waals surface area (Å²) in [6, 6.07) is 12.5. The molecule has 0 amide bonds. The summed E-state index contributed by atoms with van der Waals surface area (Å²) in [7, 11) is -12.2. The molecule has 0 aromatic heterocycles. The number of halogens is 6. The fourth-order valence-corrected chi connectivity index (χ4v) is 0.342. The molecule has 0 atom stereocenters. The maximum Gasteiger partial charge on any atom is 2.00 e. The van der Waals surface area contributed by atoms with E-state index in [1.54, 1.807) is 0 Å². The summed E-state index contributed by atoms with van der Waals surface area (Å²) in [5.74, 6) is 0. The third-order valence-corrected chi connectivity index (χ3v) is 2.31. The minimum atomic E-state index is -6.09. The van der Waals surface area contributed by atoms with Crippen LogP contribution in [0, 0.1) is 6.07 Å². The first kappa shape index (κ1) is 27.0. The van der Waals surface area contributed by atoms with E-state index in [0.29, 0.717) is 0 Å². The zero-order valence-electron chi connectivity index (χ0n) is 10.2. The Morgan fingerprint density at radius 3 is 0.957 bits per heavy atom. The minimum absolute atomic E-state index is 0. The molecular formula is C8H5CuF6O6S2-. The van der Waals surface area contributed by atoms with Gasteiger partial charge in [0.1, 0.15) is 0 Å². The summed E-state index contributed by atoms with van der Waals surface area (Å²) in [6.07, 6.45) is 0. The fourth-order valence-electron chi connectivity index (χ4n) is 0.342. The van der Waals surface area contributed by atoms with E-state index in [1.807, 2.05) is 30.3 Å². The van der Waals surface area contributed by atoms with E-state index in [1.165, 1.54) is 0 Å². The Morgan fingerprint density at radius 2 is 0.913 bits per heavy atom. The molecule has 15 heteroatoms. The van der Waals surface area contributed by atoms with E-state index in [4.69, 9.17) is 25.9 Å². The van der Waals surface area contributed by atoms with Crippen molar-refractivity contribution in [2.45, 2.75) is 11.0 Å². The number of hydrogen-bond donors (Lipinski definition) is 0. The van der Waals surface area contributed by atoms with Gasteiger partial charge in [-0.05, 0) is 0 Å². The van der Waals surface area contributed by atoms with Gasteiger partial charge in [-0.1, -0.05) is 0 Å². The van der Waals surface area contributed by atoms with Crippen molar-refractivity contribution in [3.63, 3.8) is 0 Å². The molecule has 0 bridgehead atoms. The first-order valence-corrected chi connectivity index (χ1v) is 7.27. The van der Waals surface area contributed by atoms with Gasteiger partial charge in [0.05, 0.1) is 0 Å². The molecule has 1 aromatic carbocycles. The van der Waals surface area contributed by atoms with Crippen molar-refractivity contribution >= 4 is 20.2 Å². The van der Waals surface area contributed by atoms with E-state index in [2.05, 4.69) is 6.07 Å². The molecule has 1 radical (unpaired) electrons. The summed E-state index contributed by atoms with van der Waals surface area (Å²) in [6.45, 7) is 0. The molecule has 139 valence electrons. The van der Waals surface area contributed by atoms with Gasteiger partial charge in [-0.3, -0.25) is 0 Å². The van der Waals surface area contributed by atoms with Gasteiger partial charge in [-0.25, -0.2) is 16.8 Å². The smallest absolute Gasteiger partial charge is 0.741 e. The second-order valence-electron chi connectivity index (χ2n) is 2.88. The molecule has 0 unspecified atom stereocenters. The van der Waals surface area contributed by atoms with E-state index < -0.39 is 31.3 Å². The van der Waals surface area contributed by atoms with E-state index in [9.17, 15) is 26.3 Å². The zero-order valence-corrected chi connectivity index (χ0v) is 12.8. The van der Waals surface area contributed by atoms with Crippen molar-refractivity contribution in [3.8, 4) is 0 Å². The summed E-state index contributed by atoms with van der Waals surface area (Å²) < 4.78 is 118. The zero-order chi connectivity index (χ0) is 18.2. The first-order valence-electron chi connectivity index (χ1n) is 4.45. The molecule has 0 heterocycles. The van der Waals surface area contributed by atoms with E-state index >= 15 is 0 Å². The molecule has 0 spiro atoms. The molecule has 0 saturated heterocycles. The molecule has 0 aliphatic carbocycles. The molecule has 0 aliphatic rings. The van der Waals surface area contributed by atoms with Gasteiger partial charge in [-0.15, -0.1) is 0 Å². The van der Waals surface area contributed by atoms with Crippen molar-refractivity contribution in [1.29, 1.82) is 0 Å². The van der Waals surface area contributed by atoms with Gasteiger partial charge in [0.25, 0.3) is 0 Å². The van der Waals surface area contributed by atoms with Crippen LogP contribution in [-0.2, 0) is 37.3 Å². The Morgan fingerprint density at radius 1 is 0.696 bits per heavy atom. The third kappa shape index (κ3) is 14.5. The van der Waals surface area contributed by atoms with Crippen molar-refractivity contribution in [3.05, 3.63) is 36.4 Å². The van der Waals surface area contributed by atoms with Crippen LogP contribution < -0.4 is 0 Å². The van der Waals surface area contributed by atoms with Crippen molar-refractivity contribution in [1.82, 2.24) is 0 Å². The van der Waals surface area contributed by atoms with Crippen LogP contribution in [0.5, 0.6) is 0 Å². The molecule has 0 saturated carbocycles. The monoisotopic (exact) mass is 438 g/mol. The number of alkyl halides is 6. The summed E-state index contributed by atoms with van der Waals surface area (Å²) in [5, 5.41) is 0. The van der Waals surface area contributed by atoms with Gasteiger partial charge >= 0.3 is 28.1 Å². The Bertz CT molecular complexity index is 557. The second kappa shape index (κ2) is 10.1. The van der Waals surface area contributed by atoms with Gasteiger partial charge < -0.3 is 9.11 Å². The second-order valence-corrected chi connectivity index (χ2v) is 5.62. The van der Waals surface area contributed by atoms with Gasteiger partial charge in [0.2, 0.25) is 0 Å². The van der Waals surface area contributed by atoms with Crippen molar-refractivity contribution < 1.29 is 69.4 Å². The topological polar surface area (TPSA) is 114 Å². The Kier molecular flexibility index (Phi) is 11.9. The molecule has 1 rings (SSSR count). The molecule has 0 aliphatic heterocycles. The Hall–Kier alpha value is -0.861. The molecule has 0 N–H and O–H groups in total. The van der Waals surface area contributed by atoms with Gasteiger partial charge in [-0.2, -0.15) is 62.7 Å². The molecule has 1 aromatic rings. The van der Waals surface area contributed by atoms with Crippen LogP contribution in [0.1, 0.15) is 0 Å². The van der Waals surface area contributed by atoms with Crippen molar-refractivity contribution in [2.24, 2.45) is 0 Å². The molecular weight excluding hydrogens is 434 g/mol. The fraction of sp³-hybridized carbons (Fsp3) is 0.250. The first-order chi connectivity index (χ1) is 9.50. The van der Waals surface area contributed by atoms with Crippen LogP contribution >= 0.6 is 0 Å². The maximum absolute atomic E-state index is 10.7. The standard InChI is InChI=1S/C6H5.2CHF3O3S.Cu/c1-2-4-6-5-3-1;2*2-1(3,4)8(5,6)7;/h1-5H;2*(H,5,6,7);/q-1;;;+2/p-2. The Balaban J connectivity index is -0.000000257. The van der Waals surface area contributed by atoms with E-state index in [0.717, 1.165) is 0 Å². The number of benzene rings is 1. The van der Waals surface area contributed by atoms with Crippen LogP contribution in [0.2, 0.25) is 0 Å². The van der Waals surface area contributed by atoms with Crippen molar-refractivity contribution in [2.75, 3.05) is 0 Å². The summed E-state index contributed by atoms with van der Waals surface area (Å²) >= 11 is 0. The Labute approximate surface area is 137 Å². The van der Waals surface area contributed by atoms with Crippen LogP contribution in [0.3, 0.4) is 0 Å². The quantitative estimate of drug-likeness (QED) is 0.200. The minimum Gasteiger partial charge on any atom is -0.741 e. The SMILES string of the molecule is O=S(=O)([O-])C(F)(F)F.O=S(=O)([O-])C(F)(F)F.[Cu+2].[c-]1ccccc1. The van der Waals surface area contributed by atoms with Gasteiger partial charge in [0.15, 0.2) is 20.2 Å². The normalized spacial score (nSPS) is 11.8. The van der Waals surface area contributed by atoms with Crippen LogP contribution in [0.4, 0.5) is 26.3 Å². The van der Waals surface area contributed by atoms with Crippen LogP contribution in [0.25, 0.3) is 0 Å². The molecule has 6 nitrogen and oxygen atoms in total. The predicted octanol–water partition coefficient (Wildman–Crippen LogP) is 1.59. The summed E-state index contributed by atoms with van der Waals surface area (Å²) in [5.41, 5.74) is -11.3. The predicted molar refractivity (Wildman–Crippen MR) is 56.8 cm³/mol. The van der Waals surface area contributed by atoms with E-state index in [-0.39, 0.29) is 17.1 Å². The van der Waals surface area contributed by atoms with Gasteiger partial charge in [0, 0.05) is 0 Å². The number of rotatable bonds is 0. The molecule has 23 heavy (non-hydrogen) atoms. The summed E-state index contributed by atoms with van der Waals surface area (Å²) in [4.78, 5) is 0. The molecule has 0 fully saturated rings. The van der Waals surface area contributed by atoms with Crippen LogP contribution in [0.15, 0.2) is 30.3 Å². The average Bonchev–Trinajstić information content (AvgIpc) is 2.27.